The Morgan fingerprint density at radius 3 is 2.59 bits per heavy atom. The zero-order valence-electron chi connectivity index (χ0n) is 27.9. The molecular formula is C34H38FN5O9. The lowest BCUT2D eigenvalue weighted by atomic mass is 9.81. The number of rotatable bonds is 7. The fraction of sp³-hybridized carbons (Fsp3) is 0.471. The summed E-state index contributed by atoms with van der Waals surface area (Å²) < 4.78 is 27.0. The van der Waals surface area contributed by atoms with Crippen molar-refractivity contribution in [2.45, 2.75) is 84.3 Å². The molecule has 4 N–H and O–H groups in total. The van der Waals surface area contributed by atoms with Crippen LogP contribution in [-0.4, -0.2) is 74.0 Å². The molecule has 2 atom stereocenters. The van der Waals surface area contributed by atoms with E-state index in [0.717, 1.165) is 0 Å². The molecule has 14 nitrogen and oxygen atoms in total. The number of aryl methyl sites for hydroxylation is 1. The van der Waals surface area contributed by atoms with E-state index in [9.17, 15) is 34.2 Å². The predicted molar refractivity (Wildman–Crippen MR) is 172 cm³/mol. The van der Waals surface area contributed by atoms with Gasteiger partial charge in [-0.1, -0.05) is 6.92 Å². The lowest BCUT2D eigenvalue weighted by Gasteiger charge is -2.35. The molecule has 15 heteroatoms. The van der Waals surface area contributed by atoms with Gasteiger partial charge in [-0.25, -0.2) is 23.8 Å². The summed E-state index contributed by atoms with van der Waals surface area (Å²) in [5, 5.41) is 27.3. The number of alkyl carbamates (subject to hydrolysis) is 1. The minimum Gasteiger partial charge on any atom is -0.465 e. The molecule has 0 saturated heterocycles. The third-order valence-corrected chi connectivity index (χ3v) is 9.44. The summed E-state index contributed by atoms with van der Waals surface area (Å²) in [5.74, 6) is -1.88. The molecule has 0 radical (unpaired) electrons. The number of benzene rings is 1. The van der Waals surface area contributed by atoms with Gasteiger partial charge < -0.3 is 34.9 Å². The van der Waals surface area contributed by atoms with Crippen molar-refractivity contribution >= 4 is 35.0 Å². The second kappa shape index (κ2) is 12.1. The number of fused-ring (bicyclic) bond motifs is 5. The molecule has 6 rings (SSSR count). The van der Waals surface area contributed by atoms with Crippen LogP contribution >= 0.6 is 0 Å². The number of ether oxygens (including phenoxy) is 2. The molecule has 1 aliphatic carbocycles. The van der Waals surface area contributed by atoms with Gasteiger partial charge in [0, 0.05) is 35.7 Å². The van der Waals surface area contributed by atoms with Crippen molar-refractivity contribution in [3.63, 3.8) is 0 Å². The Bertz CT molecular complexity index is 2000. The standard InChI is InChI=1S/C34H38FN5O9/c1-6-34(47)20-11-24-28-18(14-40(24)29(42)19(20)15-48-30(34)43)27-23(8-7-17-16(2)21(35)12-22(38-28)26(17)27)39(32(45)46)10-9-36-25(41)13-37-31(44)49-33(3,4)5/h11-12,23,47H,6-10,13-15H2,1-5H3,(H,36,41)(H,37,44)(H,45,46)/t23?,34-/m0/s1. The number of carbonyl (C=O) groups excluding carboxylic acids is 3. The molecule has 0 spiro atoms. The normalized spacial score (nSPS) is 19.0. The number of pyridine rings is 2. The van der Waals surface area contributed by atoms with Crippen LogP contribution in [0.3, 0.4) is 0 Å². The molecule has 2 aromatic heterocycles. The smallest absolute Gasteiger partial charge is 0.408 e. The third kappa shape index (κ3) is 5.75. The van der Waals surface area contributed by atoms with Crippen LogP contribution in [0.1, 0.15) is 80.0 Å². The Kier molecular flexibility index (Phi) is 8.37. The minimum absolute atomic E-state index is 0.0282. The second-order valence-electron chi connectivity index (χ2n) is 13.5. The van der Waals surface area contributed by atoms with E-state index in [-0.39, 0.29) is 55.9 Å². The Hall–Kier alpha value is -5.05. The highest BCUT2D eigenvalue weighted by Crippen LogP contribution is 2.47. The van der Waals surface area contributed by atoms with Crippen LogP contribution in [0.15, 0.2) is 16.9 Å². The van der Waals surface area contributed by atoms with Gasteiger partial charge in [0.25, 0.3) is 5.56 Å². The lowest BCUT2D eigenvalue weighted by Crippen LogP contribution is -2.44. The number of amides is 3. The van der Waals surface area contributed by atoms with Crippen molar-refractivity contribution in [3.8, 4) is 11.4 Å². The Morgan fingerprint density at radius 2 is 1.92 bits per heavy atom. The monoisotopic (exact) mass is 679 g/mol. The van der Waals surface area contributed by atoms with Gasteiger partial charge in [0.1, 0.15) is 18.0 Å². The fourth-order valence-electron chi connectivity index (χ4n) is 7.07. The molecule has 4 heterocycles. The SMILES string of the molecule is CC[C@@]1(O)C(=O)OCc2c1cc1n(c2=O)Cc2c-1nc1cc(F)c(C)c3c1c2C(N(CCNC(=O)CNC(=O)OC(C)(C)C)C(=O)O)CC3. The number of hydrogen-bond donors (Lipinski definition) is 4. The zero-order chi connectivity index (χ0) is 35.6. The van der Waals surface area contributed by atoms with Gasteiger partial charge in [-0.3, -0.25) is 14.5 Å². The largest absolute Gasteiger partial charge is 0.465 e. The number of aromatic nitrogens is 2. The number of cyclic esters (lactones) is 1. The lowest BCUT2D eigenvalue weighted by molar-refractivity contribution is -0.172. The molecule has 3 amide bonds. The van der Waals surface area contributed by atoms with E-state index < -0.39 is 52.7 Å². The second-order valence-corrected chi connectivity index (χ2v) is 13.5. The Morgan fingerprint density at radius 1 is 1.18 bits per heavy atom. The minimum atomic E-state index is -2.04. The van der Waals surface area contributed by atoms with Crippen LogP contribution in [0.4, 0.5) is 14.0 Å². The van der Waals surface area contributed by atoms with Gasteiger partial charge in [-0.2, -0.15) is 0 Å². The van der Waals surface area contributed by atoms with Crippen LogP contribution < -0.4 is 16.2 Å². The average molecular weight is 680 g/mol. The molecule has 3 aromatic rings. The number of carboxylic acid groups (broad SMARTS) is 1. The van der Waals surface area contributed by atoms with Gasteiger partial charge in [-0.15, -0.1) is 0 Å². The first-order valence-corrected chi connectivity index (χ1v) is 16.1. The third-order valence-electron chi connectivity index (χ3n) is 9.44. The highest BCUT2D eigenvalue weighted by Gasteiger charge is 2.46. The van der Waals surface area contributed by atoms with E-state index in [2.05, 4.69) is 10.6 Å². The maximum absolute atomic E-state index is 15.2. The first-order chi connectivity index (χ1) is 23.1. The van der Waals surface area contributed by atoms with Crippen molar-refractivity contribution < 1.29 is 43.3 Å². The molecule has 1 unspecified atom stereocenters. The van der Waals surface area contributed by atoms with E-state index in [4.69, 9.17) is 14.5 Å². The Labute approximate surface area is 280 Å². The van der Waals surface area contributed by atoms with E-state index in [1.54, 1.807) is 40.7 Å². The van der Waals surface area contributed by atoms with E-state index in [1.807, 2.05) is 0 Å². The predicted octanol–water partition coefficient (Wildman–Crippen LogP) is 3.14. The number of halogens is 1. The number of carbonyl (C=O) groups is 4. The number of esters is 1. The molecule has 0 bridgehead atoms. The summed E-state index contributed by atoms with van der Waals surface area (Å²) in [6.07, 6.45) is -1.40. The highest BCUT2D eigenvalue weighted by molar-refractivity contribution is 5.93. The first-order valence-electron chi connectivity index (χ1n) is 16.1. The van der Waals surface area contributed by atoms with Gasteiger partial charge in [0.15, 0.2) is 5.60 Å². The van der Waals surface area contributed by atoms with Crippen LogP contribution in [0, 0.1) is 12.7 Å². The summed E-state index contributed by atoms with van der Waals surface area (Å²) in [6, 6.07) is 2.10. The van der Waals surface area contributed by atoms with Crippen molar-refractivity contribution in [2.24, 2.45) is 0 Å². The topological polar surface area (TPSA) is 189 Å². The van der Waals surface area contributed by atoms with Crippen LogP contribution in [0.2, 0.25) is 0 Å². The highest BCUT2D eigenvalue weighted by atomic mass is 19.1. The molecular weight excluding hydrogens is 641 g/mol. The van der Waals surface area contributed by atoms with Crippen LogP contribution in [-0.2, 0) is 44.2 Å². The molecule has 2 aliphatic heterocycles. The number of nitrogens with one attached hydrogen (secondary N) is 2. The molecule has 49 heavy (non-hydrogen) atoms. The van der Waals surface area contributed by atoms with Gasteiger partial charge in [0.05, 0.1) is 41.6 Å². The van der Waals surface area contributed by atoms with Crippen LogP contribution in [0.5, 0.6) is 0 Å². The summed E-state index contributed by atoms with van der Waals surface area (Å²) in [5.41, 5.74) is 0.220. The van der Waals surface area contributed by atoms with Gasteiger partial charge in [0.2, 0.25) is 5.91 Å². The molecule has 0 saturated carbocycles. The van der Waals surface area contributed by atoms with Crippen LogP contribution in [0.25, 0.3) is 22.3 Å². The Balaban J connectivity index is 1.38. The number of hydrogen-bond acceptors (Lipinski definition) is 9. The van der Waals surface area contributed by atoms with E-state index in [0.29, 0.717) is 51.9 Å². The molecule has 260 valence electrons. The summed E-state index contributed by atoms with van der Waals surface area (Å²) >= 11 is 0. The van der Waals surface area contributed by atoms with Gasteiger partial charge in [-0.05, 0) is 69.7 Å². The van der Waals surface area contributed by atoms with E-state index >= 15 is 4.39 Å². The molecule has 1 aromatic carbocycles. The first kappa shape index (κ1) is 33.8. The van der Waals surface area contributed by atoms with Crippen molar-refractivity contribution in [2.75, 3.05) is 19.6 Å². The number of aliphatic hydroxyl groups is 1. The molecule has 0 fully saturated rings. The average Bonchev–Trinajstić information content (AvgIpc) is 3.40. The summed E-state index contributed by atoms with van der Waals surface area (Å²) in [4.78, 5) is 69.7. The maximum Gasteiger partial charge on any atom is 0.408 e. The van der Waals surface area contributed by atoms with Crippen molar-refractivity contribution in [3.05, 3.63) is 61.7 Å². The van der Waals surface area contributed by atoms with Crippen molar-refractivity contribution in [1.82, 2.24) is 25.1 Å². The summed E-state index contributed by atoms with van der Waals surface area (Å²) in [6.45, 7) is 7.49. The quantitative estimate of drug-likeness (QED) is 0.211. The molecule has 3 aliphatic rings. The fourth-order valence-corrected chi connectivity index (χ4v) is 7.07. The van der Waals surface area contributed by atoms with Crippen molar-refractivity contribution in [1.29, 1.82) is 0 Å². The zero-order valence-corrected chi connectivity index (χ0v) is 27.9. The van der Waals surface area contributed by atoms with E-state index in [1.165, 1.54) is 15.5 Å². The van der Waals surface area contributed by atoms with Gasteiger partial charge >= 0.3 is 18.2 Å². The number of nitrogens with zero attached hydrogens (tertiary/aromatic N) is 3. The summed E-state index contributed by atoms with van der Waals surface area (Å²) in [7, 11) is 0. The maximum atomic E-state index is 15.2.